The lowest BCUT2D eigenvalue weighted by Crippen LogP contribution is -2.41. The van der Waals surface area contributed by atoms with Crippen molar-refractivity contribution in [3.05, 3.63) is 0 Å². The van der Waals surface area contributed by atoms with E-state index in [1.54, 1.807) is 13.2 Å². The first-order valence-electron chi connectivity index (χ1n) is 5.41. The van der Waals surface area contributed by atoms with Crippen LogP contribution < -0.4 is 0 Å². The average Bonchev–Trinajstić information content (AvgIpc) is 2.24. The van der Waals surface area contributed by atoms with E-state index in [9.17, 15) is 4.79 Å². The minimum Gasteiger partial charge on any atom is -0.463 e. The van der Waals surface area contributed by atoms with Gasteiger partial charge < -0.3 is 9.47 Å². The summed E-state index contributed by atoms with van der Waals surface area (Å²) < 4.78 is 9.86. The van der Waals surface area contributed by atoms with Crippen LogP contribution in [0.3, 0.4) is 0 Å². The first-order valence-corrected chi connectivity index (χ1v) is 5.41. The van der Waals surface area contributed by atoms with E-state index in [2.05, 4.69) is 0 Å². The fraction of sp³-hybridized carbons (Fsp3) is 0.818. The van der Waals surface area contributed by atoms with Crippen molar-refractivity contribution in [2.24, 2.45) is 0 Å². The highest BCUT2D eigenvalue weighted by atomic mass is 16.6. The van der Waals surface area contributed by atoms with E-state index in [-0.39, 0.29) is 0 Å². The minimum absolute atomic E-state index is 0.307. The van der Waals surface area contributed by atoms with E-state index in [0.29, 0.717) is 19.4 Å². The highest BCUT2D eigenvalue weighted by Crippen LogP contribution is 2.25. The van der Waals surface area contributed by atoms with Gasteiger partial charge in [0.2, 0.25) is 5.60 Å². The lowest BCUT2D eigenvalue weighted by Gasteiger charge is -2.26. The third-order valence-corrected chi connectivity index (χ3v) is 2.39. The Morgan fingerprint density at radius 2 is 2.07 bits per heavy atom. The summed E-state index contributed by atoms with van der Waals surface area (Å²) in [6.45, 7) is 5.90. The molecular weight excluding hydrogens is 194 g/mol. The number of hydrogen-bond acceptors (Lipinski definition) is 4. The van der Waals surface area contributed by atoms with Crippen molar-refractivity contribution in [2.75, 3.05) is 6.61 Å². The maximum absolute atomic E-state index is 11.7. The zero-order valence-electron chi connectivity index (χ0n) is 9.71. The molecule has 0 saturated heterocycles. The van der Waals surface area contributed by atoms with Gasteiger partial charge >= 0.3 is 5.97 Å². The lowest BCUT2D eigenvalue weighted by molar-refractivity contribution is -0.166. The van der Waals surface area contributed by atoms with E-state index in [0.717, 1.165) is 12.8 Å². The van der Waals surface area contributed by atoms with Crippen molar-refractivity contribution in [3.63, 3.8) is 0 Å². The zero-order chi connectivity index (χ0) is 11.7. The summed E-state index contributed by atoms with van der Waals surface area (Å²) in [4.78, 5) is 11.7. The molecule has 0 saturated carbocycles. The monoisotopic (exact) mass is 213 g/mol. The van der Waals surface area contributed by atoms with Gasteiger partial charge in [0.15, 0.2) is 0 Å². The van der Waals surface area contributed by atoms with Crippen LogP contribution in [0.5, 0.6) is 0 Å². The van der Waals surface area contributed by atoms with Crippen LogP contribution in [0.2, 0.25) is 0 Å². The Balaban J connectivity index is 4.64. The Morgan fingerprint density at radius 3 is 2.47 bits per heavy atom. The molecule has 4 heteroatoms. The van der Waals surface area contributed by atoms with Gasteiger partial charge in [-0.3, -0.25) is 0 Å². The summed E-state index contributed by atoms with van der Waals surface area (Å²) in [5.74, 6) is -0.428. The number of nitrogens with zero attached hydrogens (tertiary/aromatic N) is 1. The summed E-state index contributed by atoms with van der Waals surface area (Å²) in [7, 11) is 0. The molecule has 1 atom stereocenters. The van der Waals surface area contributed by atoms with Crippen molar-refractivity contribution >= 4 is 5.97 Å². The molecule has 0 fully saturated rings. The normalized spacial score (nSPS) is 13.7. The highest BCUT2D eigenvalue weighted by Gasteiger charge is 2.40. The fourth-order valence-corrected chi connectivity index (χ4v) is 1.40. The number of ether oxygens (including phenoxy) is 2. The van der Waals surface area contributed by atoms with Crippen molar-refractivity contribution < 1.29 is 14.3 Å². The molecule has 15 heavy (non-hydrogen) atoms. The average molecular weight is 213 g/mol. The molecule has 0 aliphatic rings. The molecule has 0 bridgehead atoms. The number of rotatable bonds is 7. The highest BCUT2D eigenvalue weighted by molar-refractivity contribution is 5.79. The molecule has 0 aromatic heterocycles. The first-order chi connectivity index (χ1) is 7.16. The molecule has 0 amide bonds. The third kappa shape index (κ3) is 3.78. The topological polar surface area (TPSA) is 59.3 Å². The van der Waals surface area contributed by atoms with E-state index >= 15 is 0 Å². The molecule has 0 aliphatic carbocycles. The molecule has 1 unspecified atom stereocenters. The first kappa shape index (κ1) is 13.8. The second kappa shape index (κ2) is 7.10. The lowest BCUT2D eigenvalue weighted by atomic mass is 9.93. The van der Waals surface area contributed by atoms with Gasteiger partial charge in [0.05, 0.1) is 6.61 Å². The predicted molar refractivity (Wildman–Crippen MR) is 55.9 cm³/mol. The molecule has 0 aromatic carbocycles. The van der Waals surface area contributed by atoms with Gasteiger partial charge in [-0.15, -0.1) is 0 Å². The molecule has 0 radical (unpaired) electrons. The third-order valence-electron chi connectivity index (χ3n) is 2.39. The Kier molecular flexibility index (Phi) is 6.52. The smallest absolute Gasteiger partial charge is 0.351 e. The molecular formula is C11H19NO3. The molecule has 0 heterocycles. The number of esters is 1. The van der Waals surface area contributed by atoms with Crippen molar-refractivity contribution in [1.29, 1.82) is 5.26 Å². The predicted octanol–water partition coefficient (Wildman–Crippen LogP) is 2.39. The molecule has 0 rings (SSSR count). The number of hydrogen-bond donors (Lipinski definition) is 0. The van der Waals surface area contributed by atoms with Gasteiger partial charge in [0.25, 0.3) is 6.26 Å². The second-order valence-electron chi connectivity index (χ2n) is 3.37. The molecule has 0 aliphatic heterocycles. The molecule has 0 spiro atoms. The van der Waals surface area contributed by atoms with Gasteiger partial charge in [0, 0.05) is 0 Å². The van der Waals surface area contributed by atoms with Crippen LogP contribution >= 0.6 is 0 Å². The quantitative estimate of drug-likeness (QED) is 0.481. The van der Waals surface area contributed by atoms with Crippen LogP contribution in [0.4, 0.5) is 0 Å². The number of unbranched alkanes of at least 4 members (excludes halogenated alkanes) is 1. The van der Waals surface area contributed by atoms with Gasteiger partial charge in [-0.2, -0.15) is 5.26 Å². The molecule has 4 nitrogen and oxygen atoms in total. The maximum Gasteiger partial charge on any atom is 0.351 e. The molecule has 86 valence electrons. The van der Waals surface area contributed by atoms with Crippen molar-refractivity contribution in [2.45, 2.75) is 52.1 Å². The van der Waals surface area contributed by atoms with Crippen LogP contribution in [0.25, 0.3) is 0 Å². The SMILES string of the molecule is CCCCC(CC)(OC#N)C(=O)OCC. The Labute approximate surface area is 91.2 Å². The largest absolute Gasteiger partial charge is 0.463 e. The Hall–Kier alpha value is -1.24. The van der Waals surface area contributed by atoms with Gasteiger partial charge in [0.1, 0.15) is 0 Å². The second-order valence-corrected chi connectivity index (χ2v) is 3.37. The van der Waals surface area contributed by atoms with E-state index in [4.69, 9.17) is 14.7 Å². The summed E-state index contributed by atoms with van der Waals surface area (Å²) in [5, 5.41) is 8.57. The van der Waals surface area contributed by atoms with Gasteiger partial charge in [-0.1, -0.05) is 20.3 Å². The van der Waals surface area contributed by atoms with Crippen LogP contribution in [0.1, 0.15) is 46.5 Å². The van der Waals surface area contributed by atoms with Crippen LogP contribution in [-0.2, 0) is 14.3 Å². The Bertz CT molecular complexity index is 234. The van der Waals surface area contributed by atoms with Gasteiger partial charge in [-0.25, -0.2) is 4.79 Å². The van der Waals surface area contributed by atoms with Crippen LogP contribution in [0.15, 0.2) is 0 Å². The summed E-state index contributed by atoms with van der Waals surface area (Å²) in [6.07, 6.45) is 4.39. The molecule has 0 N–H and O–H groups in total. The standard InChI is InChI=1S/C11H19NO3/c1-4-7-8-11(5-2,15-9-12)10(13)14-6-3/h4-8H2,1-3H3. The van der Waals surface area contributed by atoms with Gasteiger partial charge in [-0.05, 0) is 26.2 Å². The minimum atomic E-state index is -1.07. The Morgan fingerprint density at radius 1 is 1.40 bits per heavy atom. The number of nitriles is 1. The van der Waals surface area contributed by atoms with Crippen molar-refractivity contribution in [3.8, 4) is 6.26 Å². The zero-order valence-corrected chi connectivity index (χ0v) is 9.71. The summed E-state index contributed by atoms with van der Waals surface area (Å²) in [6, 6.07) is 0. The van der Waals surface area contributed by atoms with E-state index in [1.165, 1.54) is 0 Å². The van der Waals surface area contributed by atoms with E-state index < -0.39 is 11.6 Å². The fourth-order valence-electron chi connectivity index (χ4n) is 1.40. The van der Waals surface area contributed by atoms with Crippen LogP contribution in [0, 0.1) is 11.5 Å². The summed E-state index contributed by atoms with van der Waals surface area (Å²) >= 11 is 0. The summed E-state index contributed by atoms with van der Waals surface area (Å²) in [5.41, 5.74) is -1.07. The molecule has 0 aromatic rings. The number of carbonyl (C=O) groups excluding carboxylic acids is 1. The maximum atomic E-state index is 11.7. The number of carbonyl (C=O) groups is 1. The van der Waals surface area contributed by atoms with Crippen LogP contribution in [-0.4, -0.2) is 18.2 Å². The van der Waals surface area contributed by atoms with E-state index in [1.807, 2.05) is 13.8 Å². The van der Waals surface area contributed by atoms with Crippen molar-refractivity contribution in [1.82, 2.24) is 0 Å².